The average Bonchev–Trinajstić information content (AvgIpc) is 2.29. The third kappa shape index (κ3) is 2.69. The van der Waals surface area contributed by atoms with Gasteiger partial charge in [0.05, 0.1) is 5.92 Å². The van der Waals surface area contributed by atoms with Crippen molar-refractivity contribution in [2.45, 2.75) is 37.9 Å². The van der Waals surface area contributed by atoms with Gasteiger partial charge in [0.15, 0.2) is 0 Å². The number of piperidine rings is 1. The van der Waals surface area contributed by atoms with Crippen molar-refractivity contribution in [3.63, 3.8) is 0 Å². The van der Waals surface area contributed by atoms with Crippen LogP contribution in [-0.4, -0.2) is 32.0 Å². The van der Waals surface area contributed by atoms with Crippen molar-refractivity contribution < 1.29 is 17.9 Å². The summed E-state index contributed by atoms with van der Waals surface area (Å²) in [6.45, 7) is 1.93. The Bertz CT molecular complexity index is 226. The molecule has 2 aliphatic heterocycles. The molecule has 2 aliphatic rings. The van der Waals surface area contributed by atoms with E-state index < -0.39 is 18.1 Å². The number of hydrogen-bond acceptors (Lipinski definition) is 2. The van der Waals surface area contributed by atoms with Crippen LogP contribution in [0.15, 0.2) is 0 Å². The molecule has 0 amide bonds. The van der Waals surface area contributed by atoms with Crippen molar-refractivity contribution in [3.8, 4) is 0 Å². The van der Waals surface area contributed by atoms with Crippen molar-refractivity contribution >= 4 is 0 Å². The molecule has 0 radical (unpaired) electrons. The summed E-state index contributed by atoms with van der Waals surface area (Å²) in [7, 11) is 0. The molecule has 0 spiro atoms. The van der Waals surface area contributed by atoms with Crippen LogP contribution in [0.4, 0.5) is 13.2 Å². The topological polar surface area (TPSA) is 21.3 Å². The smallest absolute Gasteiger partial charge is 0.381 e. The molecule has 0 aliphatic carbocycles. The van der Waals surface area contributed by atoms with E-state index in [1.54, 1.807) is 0 Å². The molecule has 5 heteroatoms. The van der Waals surface area contributed by atoms with Gasteiger partial charge in [0, 0.05) is 19.3 Å². The van der Waals surface area contributed by atoms with Crippen LogP contribution < -0.4 is 5.32 Å². The average molecular weight is 237 g/mol. The van der Waals surface area contributed by atoms with E-state index in [9.17, 15) is 13.2 Å². The summed E-state index contributed by atoms with van der Waals surface area (Å²) in [6, 6.07) is -0.391. The summed E-state index contributed by atoms with van der Waals surface area (Å²) in [4.78, 5) is 0. The predicted octanol–water partition coefficient (Wildman–Crippen LogP) is 2.34. The van der Waals surface area contributed by atoms with E-state index in [1.165, 1.54) is 0 Å². The first-order chi connectivity index (χ1) is 7.59. The number of rotatable bonds is 1. The van der Waals surface area contributed by atoms with Crippen molar-refractivity contribution in [2.24, 2.45) is 11.8 Å². The Labute approximate surface area is 93.5 Å². The molecule has 2 fully saturated rings. The van der Waals surface area contributed by atoms with E-state index in [4.69, 9.17) is 4.74 Å². The Hall–Kier alpha value is -0.290. The van der Waals surface area contributed by atoms with Gasteiger partial charge in [-0.3, -0.25) is 0 Å². The molecule has 2 atom stereocenters. The van der Waals surface area contributed by atoms with Gasteiger partial charge in [-0.15, -0.1) is 0 Å². The van der Waals surface area contributed by atoms with Crippen molar-refractivity contribution in [3.05, 3.63) is 0 Å². The largest absolute Gasteiger partial charge is 0.393 e. The highest BCUT2D eigenvalue weighted by Gasteiger charge is 2.47. The minimum atomic E-state index is -4.06. The fourth-order valence-corrected chi connectivity index (χ4v) is 2.85. The van der Waals surface area contributed by atoms with E-state index in [0.29, 0.717) is 26.2 Å². The van der Waals surface area contributed by atoms with Gasteiger partial charge in [0.25, 0.3) is 0 Å². The second-order valence-electron chi connectivity index (χ2n) is 4.72. The van der Waals surface area contributed by atoms with E-state index in [1.807, 2.05) is 0 Å². The second kappa shape index (κ2) is 4.92. The maximum absolute atomic E-state index is 12.9. The lowest BCUT2D eigenvalue weighted by atomic mass is 9.79. The molecule has 0 saturated carbocycles. The first-order valence-electron chi connectivity index (χ1n) is 5.97. The minimum absolute atomic E-state index is 0.126. The summed E-state index contributed by atoms with van der Waals surface area (Å²) in [5, 5.41) is 3.07. The summed E-state index contributed by atoms with van der Waals surface area (Å²) >= 11 is 0. The van der Waals surface area contributed by atoms with Crippen LogP contribution in [-0.2, 0) is 4.74 Å². The summed E-state index contributed by atoms with van der Waals surface area (Å²) < 4.78 is 43.8. The highest BCUT2D eigenvalue weighted by atomic mass is 19.4. The number of hydrogen-bond donors (Lipinski definition) is 1. The maximum Gasteiger partial charge on any atom is 0.393 e. The van der Waals surface area contributed by atoms with Gasteiger partial charge in [-0.1, -0.05) is 0 Å². The van der Waals surface area contributed by atoms with Crippen LogP contribution in [0, 0.1) is 11.8 Å². The Morgan fingerprint density at radius 2 is 1.75 bits per heavy atom. The quantitative estimate of drug-likeness (QED) is 0.755. The van der Waals surface area contributed by atoms with Gasteiger partial charge in [-0.2, -0.15) is 13.2 Å². The predicted molar refractivity (Wildman–Crippen MR) is 54.1 cm³/mol. The van der Waals surface area contributed by atoms with E-state index in [0.717, 1.165) is 12.8 Å². The van der Waals surface area contributed by atoms with Gasteiger partial charge in [0.2, 0.25) is 0 Å². The molecule has 2 heterocycles. The fourth-order valence-electron chi connectivity index (χ4n) is 2.85. The number of ether oxygens (including phenoxy) is 1. The summed E-state index contributed by atoms with van der Waals surface area (Å²) in [6.07, 6.45) is -1.65. The number of nitrogens with one attached hydrogen (secondary N) is 1. The summed E-state index contributed by atoms with van der Waals surface area (Å²) in [5.41, 5.74) is 0. The zero-order chi connectivity index (χ0) is 11.6. The number of halogens is 3. The van der Waals surface area contributed by atoms with Crippen molar-refractivity contribution in [1.82, 2.24) is 5.32 Å². The van der Waals surface area contributed by atoms with Gasteiger partial charge in [-0.25, -0.2) is 0 Å². The second-order valence-corrected chi connectivity index (χ2v) is 4.72. The molecule has 0 bridgehead atoms. The van der Waals surface area contributed by atoms with Crippen LogP contribution in [0.3, 0.4) is 0 Å². The van der Waals surface area contributed by atoms with Gasteiger partial charge in [0.1, 0.15) is 0 Å². The standard InChI is InChI=1S/C11H18F3NO/c12-11(13,14)9-2-1-5-15-10(9)8-3-6-16-7-4-8/h8-10,15H,1-7H2. The lowest BCUT2D eigenvalue weighted by Gasteiger charge is -2.40. The Kier molecular flexibility index (Phi) is 3.74. The van der Waals surface area contributed by atoms with Crippen LogP contribution in [0.2, 0.25) is 0 Å². The van der Waals surface area contributed by atoms with Crippen LogP contribution in [0.5, 0.6) is 0 Å². The molecule has 0 aromatic rings. The van der Waals surface area contributed by atoms with Crippen LogP contribution in [0.1, 0.15) is 25.7 Å². The zero-order valence-corrected chi connectivity index (χ0v) is 9.22. The lowest BCUT2D eigenvalue weighted by Crippen LogP contribution is -2.52. The molecule has 0 aromatic heterocycles. The zero-order valence-electron chi connectivity index (χ0n) is 9.22. The molecule has 2 unspecified atom stereocenters. The molecule has 16 heavy (non-hydrogen) atoms. The third-order valence-corrected chi connectivity index (χ3v) is 3.70. The van der Waals surface area contributed by atoms with E-state index >= 15 is 0 Å². The monoisotopic (exact) mass is 237 g/mol. The maximum atomic E-state index is 12.9. The third-order valence-electron chi connectivity index (χ3n) is 3.70. The molecule has 2 rings (SSSR count). The van der Waals surface area contributed by atoms with Crippen molar-refractivity contribution in [2.75, 3.05) is 19.8 Å². The normalized spacial score (nSPS) is 33.9. The highest BCUT2D eigenvalue weighted by molar-refractivity contribution is 4.90. The SMILES string of the molecule is FC(F)(F)C1CCCNC1C1CCOCC1. The van der Waals surface area contributed by atoms with E-state index in [2.05, 4.69) is 5.32 Å². The van der Waals surface area contributed by atoms with Gasteiger partial charge >= 0.3 is 6.18 Å². The molecule has 1 N–H and O–H groups in total. The Morgan fingerprint density at radius 1 is 1.06 bits per heavy atom. The van der Waals surface area contributed by atoms with Gasteiger partial charge < -0.3 is 10.1 Å². The highest BCUT2D eigenvalue weighted by Crippen LogP contribution is 2.38. The molecule has 0 aromatic carbocycles. The first-order valence-corrected chi connectivity index (χ1v) is 5.97. The minimum Gasteiger partial charge on any atom is -0.381 e. The molecule has 2 saturated heterocycles. The molecular formula is C11H18F3NO. The fraction of sp³-hybridized carbons (Fsp3) is 1.00. The number of alkyl halides is 3. The molecule has 94 valence electrons. The first kappa shape index (κ1) is 12.2. The van der Waals surface area contributed by atoms with Crippen LogP contribution >= 0.6 is 0 Å². The lowest BCUT2D eigenvalue weighted by molar-refractivity contribution is -0.194. The Morgan fingerprint density at radius 3 is 2.38 bits per heavy atom. The Balaban J connectivity index is 2.03. The van der Waals surface area contributed by atoms with E-state index in [-0.39, 0.29) is 12.3 Å². The van der Waals surface area contributed by atoms with Crippen LogP contribution in [0.25, 0.3) is 0 Å². The van der Waals surface area contributed by atoms with Gasteiger partial charge in [-0.05, 0) is 38.1 Å². The van der Waals surface area contributed by atoms with Crippen molar-refractivity contribution in [1.29, 1.82) is 0 Å². The summed E-state index contributed by atoms with van der Waals surface area (Å²) in [5.74, 6) is -1.04. The molecule has 2 nitrogen and oxygen atoms in total. The molecular weight excluding hydrogens is 219 g/mol.